The van der Waals surface area contributed by atoms with Crippen LogP contribution in [0.5, 0.6) is 0 Å². The summed E-state index contributed by atoms with van der Waals surface area (Å²) in [5.41, 5.74) is 2.95. The van der Waals surface area contributed by atoms with Gasteiger partial charge in [0.15, 0.2) is 0 Å². The van der Waals surface area contributed by atoms with Crippen molar-refractivity contribution in [3.63, 3.8) is 0 Å². The molecule has 1 heterocycles. The minimum atomic E-state index is -0.221. The number of aromatic nitrogens is 2. The van der Waals surface area contributed by atoms with E-state index in [9.17, 15) is 4.79 Å². The molecule has 2 rings (SSSR count). The van der Waals surface area contributed by atoms with Crippen molar-refractivity contribution in [1.82, 2.24) is 9.55 Å². The topological polar surface area (TPSA) is 47.4 Å². The first-order valence-electron chi connectivity index (χ1n) is 5.89. The molecule has 0 radical (unpaired) electrons. The predicted octanol–water partition coefficient (Wildman–Crippen LogP) is 1.57. The van der Waals surface area contributed by atoms with Crippen molar-refractivity contribution in [2.24, 2.45) is 7.05 Å². The number of carbonyl (C=O) groups excluding carboxylic acids is 1. The van der Waals surface area contributed by atoms with Crippen LogP contribution in [-0.2, 0) is 16.6 Å². The Morgan fingerprint density at radius 2 is 2.28 bits per heavy atom. The fraction of sp³-hybridized carbons (Fsp3) is 0.385. The molecule has 18 heavy (non-hydrogen) atoms. The Morgan fingerprint density at radius 3 is 3.00 bits per heavy atom. The van der Waals surface area contributed by atoms with Gasteiger partial charge in [0.05, 0.1) is 24.0 Å². The molecule has 0 aliphatic heterocycles. The van der Waals surface area contributed by atoms with E-state index in [-0.39, 0.29) is 12.5 Å². The lowest BCUT2D eigenvalue weighted by molar-refractivity contribution is -0.141. The predicted molar refractivity (Wildman–Crippen MR) is 70.6 cm³/mol. The Bertz CT molecular complexity index is 562. The normalized spacial score (nSPS) is 10.6. The quantitative estimate of drug-likeness (QED) is 0.769. The van der Waals surface area contributed by atoms with Crippen LogP contribution in [0.4, 0.5) is 5.69 Å². The first-order chi connectivity index (χ1) is 8.61. The molecule has 0 amide bonds. The second-order valence-corrected chi connectivity index (χ2v) is 4.19. The van der Waals surface area contributed by atoms with Gasteiger partial charge in [0.1, 0.15) is 6.54 Å². The highest BCUT2D eigenvalue weighted by Crippen LogP contribution is 2.19. The second kappa shape index (κ2) is 5.08. The summed E-state index contributed by atoms with van der Waals surface area (Å²) >= 11 is 0. The molecule has 5 nitrogen and oxygen atoms in total. The Hall–Kier alpha value is -2.04. The number of fused-ring (bicyclic) bond motifs is 1. The highest BCUT2D eigenvalue weighted by Gasteiger charge is 2.09. The maximum atomic E-state index is 11.4. The van der Waals surface area contributed by atoms with Crippen molar-refractivity contribution in [3.8, 4) is 0 Å². The summed E-state index contributed by atoms with van der Waals surface area (Å²) in [5.74, 6) is -0.221. The Labute approximate surface area is 106 Å². The van der Waals surface area contributed by atoms with Crippen molar-refractivity contribution in [1.29, 1.82) is 0 Å². The van der Waals surface area contributed by atoms with Crippen LogP contribution in [0.1, 0.15) is 6.92 Å². The van der Waals surface area contributed by atoms with Gasteiger partial charge in [-0.2, -0.15) is 0 Å². The van der Waals surface area contributed by atoms with Crippen LogP contribution in [0.3, 0.4) is 0 Å². The summed E-state index contributed by atoms with van der Waals surface area (Å²) in [6, 6.07) is 5.94. The third kappa shape index (κ3) is 2.45. The number of likely N-dealkylation sites (N-methyl/N-ethyl adjacent to an activating group) is 1. The molecule has 5 heteroatoms. The Morgan fingerprint density at radius 1 is 1.50 bits per heavy atom. The summed E-state index contributed by atoms with van der Waals surface area (Å²) in [6.45, 7) is 2.45. The number of anilines is 1. The fourth-order valence-electron chi connectivity index (χ4n) is 1.85. The lowest BCUT2D eigenvalue weighted by Gasteiger charge is -2.18. The molecule has 1 aromatic carbocycles. The molecule has 0 fully saturated rings. The smallest absolute Gasteiger partial charge is 0.325 e. The summed E-state index contributed by atoms with van der Waals surface area (Å²) in [4.78, 5) is 17.6. The average Bonchev–Trinajstić information content (AvgIpc) is 2.71. The van der Waals surface area contributed by atoms with E-state index in [0.29, 0.717) is 6.61 Å². The lowest BCUT2D eigenvalue weighted by Crippen LogP contribution is -2.27. The summed E-state index contributed by atoms with van der Waals surface area (Å²) in [6.07, 6.45) is 1.78. The number of benzene rings is 1. The molecule has 0 bridgehead atoms. The second-order valence-electron chi connectivity index (χ2n) is 4.19. The molecule has 0 spiro atoms. The van der Waals surface area contributed by atoms with Gasteiger partial charge < -0.3 is 14.2 Å². The maximum Gasteiger partial charge on any atom is 0.325 e. The minimum Gasteiger partial charge on any atom is -0.465 e. The number of hydrogen-bond acceptors (Lipinski definition) is 4. The Kier molecular flexibility index (Phi) is 3.50. The zero-order valence-corrected chi connectivity index (χ0v) is 10.9. The summed E-state index contributed by atoms with van der Waals surface area (Å²) < 4.78 is 6.89. The van der Waals surface area contributed by atoms with Crippen LogP contribution >= 0.6 is 0 Å². The van der Waals surface area contributed by atoms with Gasteiger partial charge in [-0.15, -0.1) is 0 Å². The fourth-order valence-corrected chi connectivity index (χ4v) is 1.85. The number of aryl methyl sites for hydroxylation is 1. The van der Waals surface area contributed by atoms with E-state index in [1.165, 1.54) is 0 Å². The first-order valence-corrected chi connectivity index (χ1v) is 5.89. The van der Waals surface area contributed by atoms with Crippen LogP contribution in [0.15, 0.2) is 24.5 Å². The van der Waals surface area contributed by atoms with Gasteiger partial charge in [0.2, 0.25) is 0 Å². The highest BCUT2D eigenvalue weighted by atomic mass is 16.5. The molecule has 0 atom stereocenters. The third-order valence-electron chi connectivity index (χ3n) is 2.82. The monoisotopic (exact) mass is 247 g/mol. The molecule has 0 saturated heterocycles. The lowest BCUT2D eigenvalue weighted by atomic mass is 10.2. The molecule has 0 saturated carbocycles. The van der Waals surface area contributed by atoms with E-state index in [2.05, 4.69) is 4.98 Å². The standard InChI is InChI=1S/C13H17N3O2/c1-4-18-13(17)8-15(2)10-5-6-12-11(7-10)14-9-16(12)3/h5-7,9H,4,8H2,1-3H3. The Balaban J connectivity index is 2.17. The highest BCUT2D eigenvalue weighted by molar-refractivity contribution is 5.81. The molecule has 0 N–H and O–H groups in total. The molecule has 0 unspecified atom stereocenters. The summed E-state index contributed by atoms with van der Waals surface area (Å²) in [7, 11) is 3.82. The van der Waals surface area contributed by atoms with Gasteiger partial charge in [-0.1, -0.05) is 0 Å². The van der Waals surface area contributed by atoms with E-state index in [1.54, 1.807) is 13.3 Å². The van der Waals surface area contributed by atoms with Crippen LogP contribution in [0, 0.1) is 0 Å². The SMILES string of the molecule is CCOC(=O)CN(C)c1ccc2c(c1)ncn2C. The number of nitrogens with zero attached hydrogens (tertiary/aromatic N) is 3. The molecule has 0 aliphatic rings. The van der Waals surface area contributed by atoms with E-state index < -0.39 is 0 Å². The van der Waals surface area contributed by atoms with Crippen molar-refractivity contribution >= 4 is 22.7 Å². The number of rotatable bonds is 4. The number of carbonyl (C=O) groups is 1. The van der Waals surface area contributed by atoms with Gasteiger partial charge in [-0.25, -0.2) is 4.98 Å². The van der Waals surface area contributed by atoms with E-state index in [4.69, 9.17) is 4.74 Å². The van der Waals surface area contributed by atoms with Crippen molar-refractivity contribution < 1.29 is 9.53 Å². The van der Waals surface area contributed by atoms with Crippen LogP contribution in [-0.4, -0.2) is 35.7 Å². The summed E-state index contributed by atoms with van der Waals surface area (Å²) in [5, 5.41) is 0. The zero-order chi connectivity index (χ0) is 13.1. The van der Waals surface area contributed by atoms with E-state index in [0.717, 1.165) is 16.7 Å². The maximum absolute atomic E-state index is 11.4. The van der Waals surface area contributed by atoms with Crippen molar-refractivity contribution in [2.75, 3.05) is 25.1 Å². The molecule has 0 aliphatic carbocycles. The number of esters is 1. The molecule has 1 aromatic heterocycles. The first kappa shape index (κ1) is 12.4. The molecular formula is C13H17N3O2. The number of imidazole rings is 1. The van der Waals surface area contributed by atoms with Crippen LogP contribution in [0.2, 0.25) is 0 Å². The minimum absolute atomic E-state index is 0.221. The van der Waals surface area contributed by atoms with Gasteiger partial charge in [-0.05, 0) is 25.1 Å². The average molecular weight is 247 g/mol. The van der Waals surface area contributed by atoms with Crippen LogP contribution < -0.4 is 4.90 Å². The van der Waals surface area contributed by atoms with Crippen molar-refractivity contribution in [3.05, 3.63) is 24.5 Å². The number of ether oxygens (including phenoxy) is 1. The molecule has 2 aromatic rings. The van der Waals surface area contributed by atoms with Gasteiger partial charge in [0, 0.05) is 19.8 Å². The van der Waals surface area contributed by atoms with Crippen LogP contribution in [0.25, 0.3) is 11.0 Å². The molecule has 96 valence electrons. The van der Waals surface area contributed by atoms with E-state index in [1.807, 2.05) is 41.8 Å². The zero-order valence-electron chi connectivity index (χ0n) is 10.9. The van der Waals surface area contributed by atoms with Gasteiger partial charge in [-0.3, -0.25) is 4.79 Å². The molecular weight excluding hydrogens is 230 g/mol. The van der Waals surface area contributed by atoms with Crippen molar-refractivity contribution in [2.45, 2.75) is 6.92 Å². The third-order valence-corrected chi connectivity index (χ3v) is 2.82. The number of hydrogen-bond donors (Lipinski definition) is 0. The van der Waals surface area contributed by atoms with E-state index >= 15 is 0 Å². The van der Waals surface area contributed by atoms with Gasteiger partial charge >= 0.3 is 5.97 Å². The van der Waals surface area contributed by atoms with Gasteiger partial charge in [0.25, 0.3) is 0 Å². The largest absolute Gasteiger partial charge is 0.465 e.